The Kier molecular flexibility index (Phi) is 6.82. The van der Waals surface area contributed by atoms with Crippen molar-refractivity contribution in [1.29, 1.82) is 5.41 Å². The van der Waals surface area contributed by atoms with Crippen molar-refractivity contribution in [2.45, 2.75) is 58.0 Å². The Morgan fingerprint density at radius 2 is 1.88 bits per heavy atom. The topological polar surface area (TPSA) is 96.5 Å². The van der Waals surface area contributed by atoms with Crippen LogP contribution in [-0.4, -0.2) is 41.8 Å². The monoisotopic (exact) mass is 447 g/mol. The molecule has 174 valence electrons. The number of nitrogens with one attached hydrogen (secondary N) is 1. The van der Waals surface area contributed by atoms with E-state index in [1.54, 1.807) is 0 Å². The van der Waals surface area contributed by atoms with E-state index in [-0.39, 0.29) is 35.7 Å². The normalized spacial score (nSPS) is 20.8. The fourth-order valence-electron chi connectivity index (χ4n) is 5.29. The molecule has 0 unspecified atom stereocenters. The number of carbonyl (C=O) groups is 2. The minimum absolute atomic E-state index is 0.0449. The van der Waals surface area contributed by atoms with Gasteiger partial charge in [-0.3, -0.25) is 15.0 Å². The third-order valence-electron chi connectivity index (χ3n) is 7.04. The molecule has 3 N–H and O–H groups in total. The lowest BCUT2D eigenvalue weighted by atomic mass is 9.84. The van der Waals surface area contributed by atoms with Crippen LogP contribution in [0.5, 0.6) is 0 Å². The molecular weight excluding hydrogens is 414 g/mol. The number of unbranched alkanes of at least 4 members (excludes halogenated alkanes) is 1. The minimum atomic E-state index is -0.144. The van der Waals surface area contributed by atoms with Crippen molar-refractivity contribution < 1.29 is 14.3 Å². The highest BCUT2D eigenvalue weighted by Gasteiger charge is 2.49. The largest absolute Gasteiger partial charge is 0.461 e. The molecule has 0 saturated carbocycles. The third kappa shape index (κ3) is 4.65. The molecule has 1 heterocycles. The zero-order chi connectivity index (χ0) is 23.5. The Labute approximate surface area is 195 Å². The second kappa shape index (κ2) is 9.77. The number of amides is 1. The SMILES string of the molecule is CCN(CC)C(=O)c1cccc(-c2ccc3c(c2)[C@H]2[C@H](C3)OC(=O)[C@@H]2CCCCC(=N)N)c1. The molecule has 4 rings (SSSR count). The van der Waals surface area contributed by atoms with Gasteiger partial charge in [-0.05, 0) is 61.1 Å². The summed E-state index contributed by atoms with van der Waals surface area (Å²) in [5.41, 5.74) is 10.6. The average Bonchev–Trinajstić information content (AvgIpc) is 3.31. The number of fused-ring (bicyclic) bond motifs is 3. The molecule has 2 aliphatic rings. The van der Waals surface area contributed by atoms with Gasteiger partial charge in [-0.15, -0.1) is 0 Å². The first-order valence-electron chi connectivity index (χ1n) is 12.0. The number of benzene rings is 2. The summed E-state index contributed by atoms with van der Waals surface area (Å²) in [5, 5.41) is 7.39. The predicted octanol–water partition coefficient (Wildman–Crippen LogP) is 4.51. The first-order chi connectivity index (χ1) is 15.9. The van der Waals surface area contributed by atoms with Crippen LogP contribution in [0.3, 0.4) is 0 Å². The molecule has 0 radical (unpaired) electrons. The van der Waals surface area contributed by atoms with Gasteiger partial charge in [0.25, 0.3) is 5.91 Å². The summed E-state index contributed by atoms with van der Waals surface area (Å²) in [6.45, 7) is 5.35. The summed E-state index contributed by atoms with van der Waals surface area (Å²) < 4.78 is 5.75. The van der Waals surface area contributed by atoms with E-state index in [1.165, 1.54) is 11.1 Å². The quantitative estimate of drug-likeness (QED) is 0.256. The van der Waals surface area contributed by atoms with Crippen LogP contribution in [0, 0.1) is 11.3 Å². The third-order valence-corrected chi connectivity index (χ3v) is 7.04. The molecule has 1 aliphatic carbocycles. The number of amidine groups is 1. The van der Waals surface area contributed by atoms with Gasteiger partial charge >= 0.3 is 5.97 Å². The van der Waals surface area contributed by atoms with Gasteiger partial charge in [0.15, 0.2) is 0 Å². The molecule has 0 spiro atoms. The highest BCUT2D eigenvalue weighted by atomic mass is 16.6. The molecule has 0 bridgehead atoms. The summed E-state index contributed by atoms with van der Waals surface area (Å²) in [6, 6.07) is 14.2. The Balaban J connectivity index is 1.57. The second-order valence-corrected chi connectivity index (χ2v) is 9.05. The summed E-state index contributed by atoms with van der Waals surface area (Å²) >= 11 is 0. The van der Waals surface area contributed by atoms with Gasteiger partial charge in [0.1, 0.15) is 6.10 Å². The molecule has 33 heavy (non-hydrogen) atoms. The Morgan fingerprint density at radius 3 is 2.61 bits per heavy atom. The van der Waals surface area contributed by atoms with Crippen LogP contribution in [-0.2, 0) is 16.0 Å². The first kappa shape index (κ1) is 23.0. The molecular formula is C27H33N3O3. The van der Waals surface area contributed by atoms with Crippen LogP contribution >= 0.6 is 0 Å². The summed E-state index contributed by atoms with van der Waals surface area (Å²) in [6.07, 6.45) is 3.67. The van der Waals surface area contributed by atoms with Crippen molar-refractivity contribution in [3.05, 3.63) is 59.2 Å². The van der Waals surface area contributed by atoms with E-state index in [0.29, 0.717) is 25.1 Å². The Hall–Kier alpha value is -3.15. The van der Waals surface area contributed by atoms with Crippen LogP contribution in [0.4, 0.5) is 0 Å². The Morgan fingerprint density at radius 1 is 1.12 bits per heavy atom. The zero-order valence-corrected chi connectivity index (χ0v) is 19.5. The number of rotatable bonds is 9. The minimum Gasteiger partial charge on any atom is -0.461 e. The molecule has 2 aromatic rings. The number of carbonyl (C=O) groups excluding carboxylic acids is 2. The number of esters is 1. The van der Waals surface area contributed by atoms with Crippen molar-refractivity contribution >= 4 is 17.7 Å². The van der Waals surface area contributed by atoms with Crippen LogP contribution in [0.1, 0.15) is 66.9 Å². The van der Waals surface area contributed by atoms with Crippen molar-refractivity contribution in [2.75, 3.05) is 13.1 Å². The summed E-state index contributed by atoms with van der Waals surface area (Å²) in [5.74, 6) is 0.0675. The number of nitrogens with zero attached hydrogens (tertiary/aromatic N) is 1. The van der Waals surface area contributed by atoms with Crippen LogP contribution < -0.4 is 5.73 Å². The average molecular weight is 448 g/mol. The lowest BCUT2D eigenvalue weighted by Crippen LogP contribution is -2.30. The van der Waals surface area contributed by atoms with Crippen LogP contribution in [0.2, 0.25) is 0 Å². The van der Waals surface area contributed by atoms with E-state index in [2.05, 4.69) is 18.2 Å². The van der Waals surface area contributed by atoms with Crippen molar-refractivity contribution in [3.8, 4) is 11.1 Å². The molecule has 1 saturated heterocycles. The predicted molar refractivity (Wildman–Crippen MR) is 129 cm³/mol. The summed E-state index contributed by atoms with van der Waals surface area (Å²) in [7, 11) is 0. The maximum absolute atomic E-state index is 12.8. The van der Waals surface area contributed by atoms with Crippen LogP contribution in [0.25, 0.3) is 11.1 Å². The lowest BCUT2D eigenvalue weighted by Gasteiger charge is -2.19. The van der Waals surface area contributed by atoms with Crippen molar-refractivity contribution in [2.24, 2.45) is 11.7 Å². The highest BCUT2D eigenvalue weighted by Crippen LogP contribution is 2.48. The van der Waals surface area contributed by atoms with Gasteiger partial charge in [0.2, 0.25) is 0 Å². The van der Waals surface area contributed by atoms with Crippen molar-refractivity contribution in [1.82, 2.24) is 4.90 Å². The standard InChI is InChI=1S/C27H33N3O3/c1-3-30(4-2)26(31)20-9-7-8-17(14-20)18-12-13-19-16-23-25(22(19)15-18)21(27(32)33-23)10-5-6-11-24(28)29/h7-9,12-15,21,23,25H,3-6,10-11,16H2,1-2H3,(H3,28,29)/t21-,23+,25+/m1/s1. The fraction of sp³-hybridized carbons (Fsp3) is 0.444. The second-order valence-electron chi connectivity index (χ2n) is 9.05. The fourth-order valence-corrected chi connectivity index (χ4v) is 5.29. The molecule has 1 aliphatic heterocycles. The van der Waals surface area contributed by atoms with E-state index in [1.807, 2.05) is 43.0 Å². The van der Waals surface area contributed by atoms with Gasteiger partial charge in [0.05, 0.1) is 11.8 Å². The maximum Gasteiger partial charge on any atom is 0.310 e. The van der Waals surface area contributed by atoms with E-state index in [0.717, 1.165) is 36.8 Å². The molecule has 2 aromatic carbocycles. The van der Waals surface area contributed by atoms with Gasteiger partial charge in [-0.25, -0.2) is 0 Å². The maximum atomic E-state index is 12.8. The van der Waals surface area contributed by atoms with Crippen molar-refractivity contribution in [3.63, 3.8) is 0 Å². The van der Waals surface area contributed by atoms with E-state index < -0.39 is 0 Å². The number of nitrogens with two attached hydrogens (primary N) is 1. The van der Waals surface area contributed by atoms with Crippen LogP contribution in [0.15, 0.2) is 42.5 Å². The smallest absolute Gasteiger partial charge is 0.310 e. The number of hydrogen-bond donors (Lipinski definition) is 2. The lowest BCUT2D eigenvalue weighted by molar-refractivity contribution is -0.144. The molecule has 6 nitrogen and oxygen atoms in total. The molecule has 3 atom stereocenters. The molecule has 1 amide bonds. The molecule has 6 heteroatoms. The van der Waals surface area contributed by atoms with Gasteiger partial charge in [-0.1, -0.05) is 36.8 Å². The molecule has 1 fully saturated rings. The van der Waals surface area contributed by atoms with Gasteiger partial charge in [-0.2, -0.15) is 0 Å². The number of ether oxygens (including phenoxy) is 1. The van der Waals surface area contributed by atoms with E-state index in [4.69, 9.17) is 15.9 Å². The van der Waals surface area contributed by atoms with E-state index in [9.17, 15) is 9.59 Å². The van der Waals surface area contributed by atoms with E-state index >= 15 is 0 Å². The van der Waals surface area contributed by atoms with Gasteiger partial charge in [0, 0.05) is 37.4 Å². The number of hydrogen-bond acceptors (Lipinski definition) is 4. The van der Waals surface area contributed by atoms with Gasteiger partial charge < -0.3 is 15.4 Å². The summed E-state index contributed by atoms with van der Waals surface area (Å²) in [4.78, 5) is 27.2. The highest BCUT2D eigenvalue weighted by molar-refractivity contribution is 5.95. The first-order valence-corrected chi connectivity index (χ1v) is 12.0. The Bertz CT molecular complexity index is 1060. The molecule has 0 aromatic heterocycles. The zero-order valence-electron chi connectivity index (χ0n) is 19.5.